The first-order valence-corrected chi connectivity index (χ1v) is 5.10. The van der Waals surface area contributed by atoms with Gasteiger partial charge in [0.15, 0.2) is 0 Å². The van der Waals surface area contributed by atoms with Crippen molar-refractivity contribution in [3.8, 4) is 0 Å². The van der Waals surface area contributed by atoms with Crippen molar-refractivity contribution in [3.05, 3.63) is 66.2 Å². The first kappa shape index (κ1) is 13.9. The van der Waals surface area contributed by atoms with Gasteiger partial charge in [-0.2, -0.15) is 0 Å². The molecule has 0 spiro atoms. The van der Waals surface area contributed by atoms with Gasteiger partial charge >= 0.3 is 0 Å². The second-order valence-electron chi connectivity index (χ2n) is 3.53. The molecule has 0 fully saturated rings. The summed E-state index contributed by atoms with van der Waals surface area (Å²) in [5, 5.41) is 2.47. The van der Waals surface area contributed by atoms with E-state index < -0.39 is 23.2 Å². The first-order chi connectivity index (χ1) is 8.45. The van der Waals surface area contributed by atoms with Gasteiger partial charge in [0.25, 0.3) is 0 Å². The molecule has 18 heavy (non-hydrogen) atoms. The number of nitrogens with two attached hydrogens (primary N) is 1. The van der Waals surface area contributed by atoms with Crippen molar-refractivity contribution in [1.29, 1.82) is 0 Å². The lowest BCUT2D eigenvalue weighted by Gasteiger charge is -2.11. The van der Waals surface area contributed by atoms with Crippen LogP contribution >= 0.6 is 0 Å². The highest BCUT2D eigenvalue weighted by Crippen LogP contribution is 2.17. The predicted molar refractivity (Wildman–Crippen MR) is 66.2 cm³/mol. The van der Waals surface area contributed by atoms with Crippen LogP contribution < -0.4 is 11.1 Å². The molecule has 1 aromatic carbocycles. The van der Waals surface area contributed by atoms with Crippen molar-refractivity contribution in [2.45, 2.75) is 6.54 Å². The van der Waals surface area contributed by atoms with Crippen molar-refractivity contribution in [3.63, 3.8) is 0 Å². The molecule has 0 aliphatic rings. The molecule has 0 radical (unpaired) electrons. The number of rotatable bonds is 5. The lowest BCUT2D eigenvalue weighted by atomic mass is 10.1. The van der Waals surface area contributed by atoms with Crippen LogP contribution in [0.15, 0.2) is 54.8 Å². The second kappa shape index (κ2) is 5.95. The summed E-state index contributed by atoms with van der Waals surface area (Å²) in [4.78, 5) is 0. The SMILES string of the molecule is C=C/C(F)=C(/NCc1cc(F)ccc1N)C(=C)F. The van der Waals surface area contributed by atoms with Crippen LogP contribution in [0.5, 0.6) is 0 Å². The van der Waals surface area contributed by atoms with Crippen LogP contribution in [-0.2, 0) is 6.54 Å². The molecule has 0 bridgehead atoms. The predicted octanol–water partition coefficient (Wildman–Crippen LogP) is 3.35. The number of hydrogen-bond acceptors (Lipinski definition) is 2. The molecule has 0 unspecified atom stereocenters. The molecule has 1 rings (SSSR count). The van der Waals surface area contributed by atoms with Crippen molar-refractivity contribution >= 4 is 5.69 Å². The molecule has 0 aliphatic carbocycles. The Hall–Kier alpha value is -2.17. The standard InChI is InChI=1S/C13H13F3N2/c1-3-11(16)13(8(2)14)18-7-9-6-10(15)4-5-12(9)17/h3-6,18H,1-2,7,17H2/b13-11-. The van der Waals surface area contributed by atoms with Gasteiger partial charge < -0.3 is 11.1 Å². The van der Waals surface area contributed by atoms with Gasteiger partial charge in [0.05, 0.1) is 0 Å². The molecule has 0 saturated carbocycles. The van der Waals surface area contributed by atoms with Gasteiger partial charge in [0.2, 0.25) is 0 Å². The zero-order valence-corrected chi connectivity index (χ0v) is 9.64. The van der Waals surface area contributed by atoms with E-state index in [2.05, 4.69) is 18.5 Å². The molecular weight excluding hydrogens is 241 g/mol. The van der Waals surface area contributed by atoms with Crippen LogP contribution in [0.3, 0.4) is 0 Å². The Morgan fingerprint density at radius 3 is 2.61 bits per heavy atom. The summed E-state index contributed by atoms with van der Waals surface area (Å²) < 4.78 is 39.2. The average molecular weight is 254 g/mol. The van der Waals surface area contributed by atoms with Crippen molar-refractivity contribution in [2.24, 2.45) is 0 Å². The zero-order valence-electron chi connectivity index (χ0n) is 9.64. The molecule has 2 nitrogen and oxygen atoms in total. The highest BCUT2D eigenvalue weighted by atomic mass is 19.1. The fourth-order valence-electron chi connectivity index (χ4n) is 1.32. The monoisotopic (exact) mass is 254 g/mol. The molecule has 0 amide bonds. The normalized spacial score (nSPS) is 11.7. The molecule has 96 valence electrons. The van der Waals surface area contributed by atoms with Crippen LogP contribution in [0.25, 0.3) is 0 Å². The van der Waals surface area contributed by atoms with Crippen LogP contribution in [0.1, 0.15) is 5.56 Å². The number of nitrogen functional groups attached to an aromatic ring is 1. The minimum atomic E-state index is -0.970. The van der Waals surface area contributed by atoms with Crippen molar-refractivity contribution in [2.75, 3.05) is 5.73 Å². The molecular formula is C13H13F3N2. The second-order valence-corrected chi connectivity index (χ2v) is 3.53. The quantitative estimate of drug-likeness (QED) is 0.624. The van der Waals surface area contributed by atoms with E-state index >= 15 is 0 Å². The third kappa shape index (κ3) is 3.41. The van der Waals surface area contributed by atoms with Crippen LogP contribution in [0, 0.1) is 5.82 Å². The Bertz CT molecular complexity index is 507. The summed E-state index contributed by atoms with van der Waals surface area (Å²) in [6, 6.07) is 3.77. The fourth-order valence-corrected chi connectivity index (χ4v) is 1.32. The van der Waals surface area contributed by atoms with Crippen molar-refractivity contribution in [1.82, 2.24) is 5.32 Å². The molecule has 0 saturated heterocycles. The van der Waals surface area contributed by atoms with E-state index in [1.165, 1.54) is 18.2 Å². The zero-order chi connectivity index (χ0) is 13.7. The van der Waals surface area contributed by atoms with Gasteiger partial charge in [-0.1, -0.05) is 13.2 Å². The first-order valence-electron chi connectivity index (χ1n) is 5.10. The minimum Gasteiger partial charge on any atom is -0.398 e. The fraction of sp³-hybridized carbons (Fsp3) is 0.0769. The number of allylic oxidation sites excluding steroid dienone is 3. The smallest absolute Gasteiger partial charge is 0.148 e. The average Bonchev–Trinajstić information content (AvgIpc) is 2.32. The highest BCUT2D eigenvalue weighted by Gasteiger charge is 2.09. The molecule has 3 N–H and O–H groups in total. The van der Waals surface area contributed by atoms with E-state index in [9.17, 15) is 13.2 Å². The van der Waals surface area contributed by atoms with E-state index in [1.807, 2.05) is 0 Å². The largest absolute Gasteiger partial charge is 0.398 e. The molecule has 0 aliphatic heterocycles. The van der Waals surface area contributed by atoms with Gasteiger partial charge in [0, 0.05) is 12.2 Å². The summed E-state index contributed by atoms with van der Waals surface area (Å²) in [5.74, 6) is -2.32. The van der Waals surface area contributed by atoms with E-state index in [0.29, 0.717) is 11.3 Å². The Balaban J connectivity index is 2.89. The van der Waals surface area contributed by atoms with E-state index in [0.717, 1.165) is 6.08 Å². The van der Waals surface area contributed by atoms with Crippen LogP contribution in [0.4, 0.5) is 18.9 Å². The topological polar surface area (TPSA) is 38.0 Å². The maximum absolute atomic E-state index is 13.2. The molecule has 0 heterocycles. The Kier molecular flexibility index (Phi) is 4.59. The van der Waals surface area contributed by atoms with E-state index in [1.54, 1.807) is 0 Å². The van der Waals surface area contributed by atoms with E-state index in [4.69, 9.17) is 5.73 Å². The maximum atomic E-state index is 13.2. The minimum absolute atomic E-state index is 0.0247. The molecule has 1 aromatic rings. The lowest BCUT2D eigenvalue weighted by Crippen LogP contribution is -2.15. The van der Waals surface area contributed by atoms with Gasteiger partial charge in [-0.3, -0.25) is 0 Å². The summed E-state index contributed by atoms with van der Waals surface area (Å²) in [6.45, 7) is 6.16. The van der Waals surface area contributed by atoms with Crippen LogP contribution in [-0.4, -0.2) is 0 Å². The van der Waals surface area contributed by atoms with Gasteiger partial charge in [-0.15, -0.1) is 0 Å². The van der Waals surface area contributed by atoms with Crippen molar-refractivity contribution < 1.29 is 13.2 Å². The summed E-state index contributed by atoms with van der Waals surface area (Å²) in [5.41, 5.74) is 5.90. The third-order valence-corrected chi connectivity index (χ3v) is 2.25. The lowest BCUT2D eigenvalue weighted by molar-refractivity contribution is 0.577. The number of hydrogen-bond donors (Lipinski definition) is 2. The summed E-state index contributed by atoms with van der Waals surface area (Å²) in [7, 11) is 0. The molecule has 0 atom stereocenters. The van der Waals surface area contributed by atoms with Crippen LogP contribution in [0.2, 0.25) is 0 Å². The Morgan fingerprint density at radius 2 is 2.06 bits per heavy atom. The molecule has 5 heteroatoms. The van der Waals surface area contributed by atoms with Gasteiger partial charge in [-0.05, 0) is 29.8 Å². The third-order valence-electron chi connectivity index (χ3n) is 2.25. The number of halogens is 3. The van der Waals surface area contributed by atoms with Gasteiger partial charge in [-0.25, -0.2) is 13.2 Å². The Labute approximate surface area is 103 Å². The van der Waals surface area contributed by atoms with Gasteiger partial charge in [0.1, 0.15) is 23.2 Å². The Morgan fingerprint density at radius 1 is 1.39 bits per heavy atom. The maximum Gasteiger partial charge on any atom is 0.148 e. The molecule has 0 aromatic heterocycles. The number of nitrogens with one attached hydrogen (secondary N) is 1. The highest BCUT2D eigenvalue weighted by molar-refractivity contribution is 5.47. The number of benzene rings is 1. The van der Waals surface area contributed by atoms with E-state index in [-0.39, 0.29) is 6.54 Å². The summed E-state index contributed by atoms with van der Waals surface area (Å²) in [6.07, 6.45) is 0.849. The summed E-state index contributed by atoms with van der Waals surface area (Å²) >= 11 is 0. The number of anilines is 1.